The summed E-state index contributed by atoms with van der Waals surface area (Å²) in [6.07, 6.45) is 2.76. The first kappa shape index (κ1) is 16.9. The third-order valence-corrected chi connectivity index (χ3v) is 5.64. The highest BCUT2D eigenvalue weighted by Gasteiger charge is 2.28. The molecular weight excluding hydrogens is 353 g/mol. The summed E-state index contributed by atoms with van der Waals surface area (Å²) in [6, 6.07) is 6.18. The number of hydrogen-bond acceptors (Lipinski definition) is 5. The number of carbonyl (C=O) groups is 1. The molecule has 1 amide bonds. The van der Waals surface area contributed by atoms with Gasteiger partial charge in [0.2, 0.25) is 5.76 Å². The smallest absolute Gasteiger partial charge is 0.289 e. The van der Waals surface area contributed by atoms with Crippen LogP contribution in [0.4, 0.5) is 4.39 Å². The van der Waals surface area contributed by atoms with Crippen molar-refractivity contribution in [3.63, 3.8) is 0 Å². The fraction of sp³-hybridized carbons (Fsp3) is 0.316. The average molecular weight is 371 g/mol. The highest BCUT2D eigenvalue weighted by Crippen LogP contribution is 2.37. The summed E-state index contributed by atoms with van der Waals surface area (Å²) in [4.78, 5) is 22.6. The van der Waals surface area contributed by atoms with Gasteiger partial charge < -0.3 is 9.73 Å². The van der Waals surface area contributed by atoms with Gasteiger partial charge in [0, 0.05) is 17.4 Å². The van der Waals surface area contributed by atoms with Crippen LogP contribution in [0.2, 0.25) is 0 Å². The lowest BCUT2D eigenvalue weighted by atomic mass is 9.97. The largest absolute Gasteiger partial charge is 0.436 e. The molecular formula is C19H18FN3O2S. The van der Waals surface area contributed by atoms with E-state index in [9.17, 15) is 9.18 Å². The number of thiazole rings is 1. The molecule has 134 valence electrons. The van der Waals surface area contributed by atoms with Crippen molar-refractivity contribution in [3.05, 3.63) is 58.0 Å². The Morgan fingerprint density at radius 3 is 2.73 bits per heavy atom. The third-order valence-electron chi connectivity index (χ3n) is 4.46. The van der Waals surface area contributed by atoms with Gasteiger partial charge in [-0.15, -0.1) is 11.3 Å². The van der Waals surface area contributed by atoms with Crippen LogP contribution in [-0.2, 0) is 6.42 Å². The van der Waals surface area contributed by atoms with Gasteiger partial charge >= 0.3 is 0 Å². The van der Waals surface area contributed by atoms with Gasteiger partial charge in [-0.05, 0) is 50.5 Å². The number of nitrogens with one attached hydrogen (secondary N) is 1. The van der Waals surface area contributed by atoms with E-state index in [1.165, 1.54) is 17.0 Å². The van der Waals surface area contributed by atoms with Crippen LogP contribution < -0.4 is 5.32 Å². The predicted molar refractivity (Wildman–Crippen MR) is 96.6 cm³/mol. The van der Waals surface area contributed by atoms with Gasteiger partial charge in [-0.2, -0.15) is 0 Å². The maximum Gasteiger partial charge on any atom is 0.289 e. The number of carbonyl (C=O) groups excluding carboxylic acids is 1. The Morgan fingerprint density at radius 1 is 1.27 bits per heavy atom. The number of benzene rings is 1. The Kier molecular flexibility index (Phi) is 4.32. The van der Waals surface area contributed by atoms with Crippen molar-refractivity contribution in [2.45, 2.75) is 39.2 Å². The molecule has 7 heteroatoms. The zero-order valence-corrected chi connectivity index (χ0v) is 15.3. The van der Waals surface area contributed by atoms with Crippen molar-refractivity contribution in [2.24, 2.45) is 0 Å². The number of hydrogen-bond donors (Lipinski definition) is 1. The second-order valence-electron chi connectivity index (χ2n) is 6.40. The summed E-state index contributed by atoms with van der Waals surface area (Å²) in [7, 11) is 0. The standard InChI is InChI=1S/C19H18FN3O2S/c1-10-17(25-11(2)21-10)18(24)22-14-4-3-5-15-16(14)23-19(26-15)12-6-8-13(20)9-7-12/h6-9,14H,3-5H2,1-2H3,(H,22,24)/t14-/m0/s1. The number of oxazole rings is 1. The number of aromatic nitrogens is 2. The molecule has 2 heterocycles. The van der Waals surface area contributed by atoms with Crippen LogP contribution >= 0.6 is 11.3 Å². The molecule has 0 fully saturated rings. The minimum Gasteiger partial charge on any atom is -0.436 e. The van der Waals surface area contributed by atoms with Crippen molar-refractivity contribution >= 4 is 17.2 Å². The van der Waals surface area contributed by atoms with Crippen molar-refractivity contribution in [2.75, 3.05) is 0 Å². The summed E-state index contributed by atoms with van der Waals surface area (Å²) in [5.41, 5.74) is 2.38. The SMILES string of the molecule is Cc1nc(C)c(C(=O)N[C@H]2CCCc3sc(-c4ccc(F)cc4)nc32)o1. The van der Waals surface area contributed by atoms with Crippen LogP contribution in [0, 0.1) is 19.7 Å². The van der Waals surface area contributed by atoms with E-state index in [0.29, 0.717) is 11.6 Å². The summed E-state index contributed by atoms with van der Waals surface area (Å²) in [6.45, 7) is 3.48. The first-order valence-corrected chi connectivity index (χ1v) is 9.33. The lowest BCUT2D eigenvalue weighted by Crippen LogP contribution is -2.31. The molecule has 0 spiro atoms. The van der Waals surface area contributed by atoms with Crippen LogP contribution in [0.25, 0.3) is 10.6 Å². The van der Waals surface area contributed by atoms with E-state index in [1.54, 1.807) is 37.3 Å². The lowest BCUT2D eigenvalue weighted by Gasteiger charge is -2.21. The maximum atomic E-state index is 13.2. The molecule has 0 saturated carbocycles. The van der Waals surface area contributed by atoms with E-state index in [1.807, 2.05) is 0 Å². The predicted octanol–water partition coefficient (Wildman–Crippen LogP) is 4.36. The molecule has 1 atom stereocenters. The summed E-state index contributed by atoms with van der Waals surface area (Å²) >= 11 is 1.61. The second kappa shape index (κ2) is 6.64. The molecule has 0 aliphatic heterocycles. The molecule has 1 aliphatic carbocycles. The van der Waals surface area contributed by atoms with Gasteiger partial charge in [0.05, 0.1) is 17.4 Å². The normalized spacial score (nSPS) is 16.3. The molecule has 1 N–H and O–H groups in total. The summed E-state index contributed by atoms with van der Waals surface area (Å²) < 4.78 is 18.6. The monoisotopic (exact) mass is 371 g/mol. The highest BCUT2D eigenvalue weighted by atomic mass is 32.1. The van der Waals surface area contributed by atoms with Crippen molar-refractivity contribution in [3.8, 4) is 10.6 Å². The minimum absolute atomic E-state index is 0.151. The van der Waals surface area contributed by atoms with Crippen LogP contribution in [0.1, 0.15) is 51.6 Å². The zero-order valence-electron chi connectivity index (χ0n) is 14.5. The third kappa shape index (κ3) is 3.14. The number of amides is 1. The molecule has 0 unspecified atom stereocenters. The van der Waals surface area contributed by atoms with E-state index in [4.69, 9.17) is 9.40 Å². The van der Waals surface area contributed by atoms with Gasteiger partial charge in [0.15, 0.2) is 5.89 Å². The Hall–Kier alpha value is -2.54. The molecule has 1 aromatic carbocycles. The summed E-state index contributed by atoms with van der Waals surface area (Å²) in [5, 5.41) is 3.88. The number of nitrogens with zero attached hydrogens (tertiary/aromatic N) is 2. The van der Waals surface area contributed by atoms with E-state index >= 15 is 0 Å². The van der Waals surface area contributed by atoms with Gasteiger partial charge in [-0.25, -0.2) is 14.4 Å². The van der Waals surface area contributed by atoms with Crippen molar-refractivity contribution in [1.29, 1.82) is 0 Å². The fourth-order valence-electron chi connectivity index (χ4n) is 3.24. The molecule has 3 aromatic rings. The van der Waals surface area contributed by atoms with Crippen LogP contribution in [-0.4, -0.2) is 15.9 Å². The molecule has 5 nitrogen and oxygen atoms in total. The highest BCUT2D eigenvalue weighted by molar-refractivity contribution is 7.15. The second-order valence-corrected chi connectivity index (χ2v) is 7.48. The lowest BCUT2D eigenvalue weighted by molar-refractivity contribution is 0.0901. The molecule has 4 rings (SSSR count). The van der Waals surface area contributed by atoms with Crippen LogP contribution in [0.5, 0.6) is 0 Å². The maximum absolute atomic E-state index is 13.2. The van der Waals surface area contributed by atoms with Crippen LogP contribution in [0.15, 0.2) is 28.7 Å². The van der Waals surface area contributed by atoms with Gasteiger partial charge in [0.1, 0.15) is 10.8 Å². The van der Waals surface area contributed by atoms with Gasteiger partial charge in [0.25, 0.3) is 5.91 Å². The average Bonchev–Trinajstić information content (AvgIpc) is 3.19. The minimum atomic E-state index is -0.266. The quantitative estimate of drug-likeness (QED) is 0.743. The number of rotatable bonds is 3. The Morgan fingerprint density at radius 2 is 2.04 bits per heavy atom. The number of halogens is 1. The Balaban J connectivity index is 1.60. The van der Waals surface area contributed by atoms with Crippen molar-refractivity contribution in [1.82, 2.24) is 15.3 Å². The molecule has 1 aliphatic rings. The Bertz CT molecular complexity index is 962. The van der Waals surface area contributed by atoms with E-state index in [2.05, 4.69) is 10.3 Å². The number of aryl methyl sites for hydroxylation is 3. The van der Waals surface area contributed by atoms with E-state index in [0.717, 1.165) is 35.5 Å². The fourth-order valence-corrected chi connectivity index (χ4v) is 4.41. The van der Waals surface area contributed by atoms with E-state index < -0.39 is 0 Å². The van der Waals surface area contributed by atoms with Crippen molar-refractivity contribution < 1.29 is 13.6 Å². The Labute approximate surface area is 154 Å². The molecule has 2 aromatic heterocycles. The molecule has 0 bridgehead atoms. The number of fused-ring (bicyclic) bond motifs is 1. The van der Waals surface area contributed by atoms with Gasteiger partial charge in [-0.1, -0.05) is 0 Å². The molecule has 26 heavy (non-hydrogen) atoms. The zero-order chi connectivity index (χ0) is 18.3. The molecule has 0 radical (unpaired) electrons. The first-order valence-electron chi connectivity index (χ1n) is 8.51. The van der Waals surface area contributed by atoms with Gasteiger partial charge in [-0.3, -0.25) is 4.79 Å². The molecule has 0 saturated heterocycles. The van der Waals surface area contributed by atoms with E-state index in [-0.39, 0.29) is 23.5 Å². The first-order chi connectivity index (χ1) is 12.5. The topological polar surface area (TPSA) is 68.0 Å². The summed E-state index contributed by atoms with van der Waals surface area (Å²) in [5.74, 6) is 0.197. The van der Waals surface area contributed by atoms with Crippen LogP contribution in [0.3, 0.4) is 0 Å².